The van der Waals surface area contributed by atoms with Gasteiger partial charge in [-0.1, -0.05) is 61.3 Å². The number of halogens is 3. The summed E-state index contributed by atoms with van der Waals surface area (Å²) in [4.78, 5) is 39.3. The molecule has 4 heterocycles. The molecule has 0 bridgehead atoms. The number of fused-ring (bicyclic) bond motifs is 1. The van der Waals surface area contributed by atoms with Crippen molar-refractivity contribution in [3.05, 3.63) is 80.3 Å². The van der Waals surface area contributed by atoms with E-state index in [1.807, 2.05) is 55.5 Å². The average Bonchev–Trinajstić information content (AvgIpc) is 3.70. The van der Waals surface area contributed by atoms with E-state index in [2.05, 4.69) is 25.7 Å². The molecule has 4 aliphatic rings. The monoisotopic (exact) mass is 643 g/mol. The Labute approximate surface area is 266 Å². The molecule has 2 amide bonds. The molecule has 2 saturated heterocycles. The summed E-state index contributed by atoms with van der Waals surface area (Å²) < 4.78 is 14.2. The Kier molecular flexibility index (Phi) is 8.07. The highest BCUT2D eigenvalue weighted by molar-refractivity contribution is 8.18. The highest BCUT2D eigenvalue weighted by Gasteiger charge is 2.54. The molecule has 2 aromatic carbocycles. The third-order valence-corrected chi connectivity index (χ3v) is 10.7. The van der Waals surface area contributed by atoms with Crippen LogP contribution in [0.25, 0.3) is 0 Å². The van der Waals surface area contributed by atoms with Crippen molar-refractivity contribution in [2.24, 2.45) is 16.6 Å². The topological polar surface area (TPSA) is 82.2 Å². The van der Waals surface area contributed by atoms with Gasteiger partial charge in [0.25, 0.3) is 5.91 Å². The summed E-state index contributed by atoms with van der Waals surface area (Å²) in [6.07, 6.45) is -0.0174. The van der Waals surface area contributed by atoms with Crippen molar-refractivity contribution in [3.8, 4) is 0 Å². The number of amidine groups is 1. The summed E-state index contributed by atoms with van der Waals surface area (Å²) in [5, 5.41) is 2.03. The Morgan fingerprint density at radius 2 is 1.67 bits per heavy atom. The molecular formula is C32H36Cl2FN5O2S. The normalized spacial score (nSPS) is 30.5. The van der Waals surface area contributed by atoms with Crippen molar-refractivity contribution in [3.63, 3.8) is 0 Å². The summed E-state index contributed by atoms with van der Waals surface area (Å²) in [7, 11) is 0. The summed E-state index contributed by atoms with van der Waals surface area (Å²) in [5.74, 6) is -0.426. The molecule has 0 saturated carbocycles. The number of nitrogens with zero attached hydrogens (tertiary/aromatic N) is 4. The average molecular weight is 645 g/mol. The van der Waals surface area contributed by atoms with Crippen LogP contribution < -0.4 is 5.73 Å². The molecule has 2 fully saturated rings. The fourth-order valence-electron chi connectivity index (χ4n) is 6.93. The fourth-order valence-corrected chi connectivity index (χ4v) is 8.53. The van der Waals surface area contributed by atoms with E-state index in [1.165, 1.54) is 16.7 Å². The molecule has 4 aliphatic heterocycles. The Morgan fingerprint density at radius 1 is 1.05 bits per heavy atom. The van der Waals surface area contributed by atoms with Gasteiger partial charge in [0.15, 0.2) is 5.17 Å². The van der Waals surface area contributed by atoms with E-state index in [4.69, 9.17) is 33.9 Å². The standard InChI is InChI=1S/C32H36Cl2FN5O2S/c1-17(2)26-27(30(42)39-18(3)5-14-25(39)29(41)38-15-23(35)24(36)16-38)43-31-37-32(4,20-8-12-22(34)13-9-20)28(40(26)31)19-6-10-21(33)11-7-19/h6-13,17-18,23-25,28H,5,14-16,36H2,1-4H3/t18-,23?,24?,25+,28-,32+/m1/s1. The number of allylic oxidation sites excluding steroid dienone is 1. The van der Waals surface area contributed by atoms with Gasteiger partial charge in [-0.3, -0.25) is 9.59 Å². The highest BCUT2D eigenvalue weighted by Crippen LogP contribution is 2.56. The number of amides is 2. The molecule has 0 spiro atoms. The summed E-state index contributed by atoms with van der Waals surface area (Å²) in [6, 6.07) is 13.8. The van der Waals surface area contributed by atoms with Gasteiger partial charge in [0.2, 0.25) is 5.91 Å². The van der Waals surface area contributed by atoms with E-state index in [0.717, 1.165) is 22.0 Å². The number of alkyl halides is 1. The van der Waals surface area contributed by atoms with Gasteiger partial charge in [-0.05, 0) is 79.8 Å². The number of benzene rings is 2. The van der Waals surface area contributed by atoms with Crippen LogP contribution in [0, 0.1) is 5.92 Å². The molecule has 0 aliphatic carbocycles. The Bertz CT molecular complexity index is 1490. The van der Waals surface area contributed by atoms with E-state index in [-0.39, 0.29) is 42.9 Å². The van der Waals surface area contributed by atoms with Crippen molar-refractivity contribution >= 4 is 51.9 Å². The molecule has 43 heavy (non-hydrogen) atoms. The van der Waals surface area contributed by atoms with Crippen molar-refractivity contribution < 1.29 is 14.0 Å². The van der Waals surface area contributed by atoms with Gasteiger partial charge in [-0.25, -0.2) is 9.38 Å². The molecule has 0 aromatic heterocycles. The summed E-state index contributed by atoms with van der Waals surface area (Å²) in [6.45, 7) is 8.37. The van der Waals surface area contributed by atoms with E-state index < -0.39 is 23.8 Å². The van der Waals surface area contributed by atoms with Crippen LogP contribution in [0.3, 0.4) is 0 Å². The molecule has 0 radical (unpaired) electrons. The number of rotatable bonds is 5. The number of carbonyl (C=O) groups is 2. The maximum atomic E-state index is 14.5. The lowest BCUT2D eigenvalue weighted by atomic mass is 9.81. The minimum absolute atomic E-state index is 0.0162. The maximum Gasteiger partial charge on any atom is 0.263 e. The minimum atomic E-state index is -1.25. The first-order valence-electron chi connectivity index (χ1n) is 14.7. The van der Waals surface area contributed by atoms with Gasteiger partial charge in [0.05, 0.1) is 18.6 Å². The van der Waals surface area contributed by atoms with Crippen molar-refractivity contribution in [1.29, 1.82) is 0 Å². The molecule has 228 valence electrons. The lowest BCUT2D eigenvalue weighted by Gasteiger charge is -2.37. The quantitative estimate of drug-likeness (QED) is 0.424. The van der Waals surface area contributed by atoms with Crippen LogP contribution in [0.15, 0.2) is 64.1 Å². The summed E-state index contributed by atoms with van der Waals surface area (Å²) in [5.41, 5.74) is 8.10. The lowest BCUT2D eigenvalue weighted by Crippen LogP contribution is -2.50. The Balaban J connectivity index is 1.40. The number of carbonyl (C=O) groups excluding carboxylic acids is 2. The van der Waals surface area contributed by atoms with Crippen LogP contribution in [0.1, 0.15) is 57.7 Å². The Hall–Kier alpha value is -2.59. The second-order valence-corrected chi connectivity index (χ2v) is 14.3. The van der Waals surface area contributed by atoms with Gasteiger partial charge < -0.3 is 20.4 Å². The van der Waals surface area contributed by atoms with Crippen LogP contribution in [0.5, 0.6) is 0 Å². The predicted octanol–water partition coefficient (Wildman–Crippen LogP) is 6.12. The van der Waals surface area contributed by atoms with Crippen molar-refractivity contribution in [2.75, 3.05) is 13.1 Å². The number of likely N-dealkylation sites (tertiary alicyclic amines) is 2. The predicted molar refractivity (Wildman–Crippen MR) is 171 cm³/mol. The van der Waals surface area contributed by atoms with Gasteiger partial charge in [0.1, 0.15) is 22.7 Å². The SMILES string of the molecule is CC(C)C1=C(C(=O)N2[C@H](C)CC[C@H]2C(=O)N2CC(N)C(F)C2)SC2=N[C@@](C)(c3ccc(Cl)cc3)[C@@H](c3ccc(Cl)cc3)N21. The number of nitrogens with two attached hydrogens (primary N) is 1. The molecule has 2 N–H and O–H groups in total. The van der Waals surface area contributed by atoms with Crippen LogP contribution in [0.4, 0.5) is 4.39 Å². The van der Waals surface area contributed by atoms with Gasteiger partial charge in [0, 0.05) is 28.3 Å². The minimum Gasteiger partial charge on any atom is -0.336 e. The zero-order valence-corrected chi connectivity index (χ0v) is 27.0. The van der Waals surface area contributed by atoms with Crippen LogP contribution >= 0.6 is 35.0 Å². The molecule has 6 rings (SSSR count). The first kappa shape index (κ1) is 30.4. The van der Waals surface area contributed by atoms with Crippen LogP contribution in [-0.2, 0) is 15.1 Å². The number of hydrogen-bond acceptors (Lipinski definition) is 6. The Morgan fingerprint density at radius 3 is 2.26 bits per heavy atom. The second kappa shape index (κ2) is 11.4. The molecular weight excluding hydrogens is 608 g/mol. The third-order valence-electron chi connectivity index (χ3n) is 9.16. The molecule has 2 aromatic rings. The molecule has 6 atom stereocenters. The number of thioether (sulfide) groups is 1. The zero-order valence-electron chi connectivity index (χ0n) is 24.6. The van der Waals surface area contributed by atoms with Crippen molar-refractivity contribution in [2.45, 2.75) is 76.4 Å². The smallest absolute Gasteiger partial charge is 0.263 e. The first-order chi connectivity index (χ1) is 20.4. The number of aliphatic imine (C=N–C) groups is 1. The van der Waals surface area contributed by atoms with E-state index in [1.54, 1.807) is 4.90 Å². The van der Waals surface area contributed by atoms with Crippen LogP contribution in [0.2, 0.25) is 10.0 Å². The third kappa shape index (κ3) is 5.16. The fraction of sp³-hybridized carbons (Fsp3) is 0.469. The zero-order chi connectivity index (χ0) is 30.8. The highest BCUT2D eigenvalue weighted by atomic mass is 35.5. The second-order valence-electron chi connectivity index (χ2n) is 12.4. The first-order valence-corrected chi connectivity index (χ1v) is 16.3. The number of hydrogen-bond donors (Lipinski definition) is 1. The van der Waals surface area contributed by atoms with Gasteiger partial charge in [-0.15, -0.1) is 0 Å². The molecule has 11 heteroatoms. The largest absolute Gasteiger partial charge is 0.336 e. The van der Waals surface area contributed by atoms with Crippen molar-refractivity contribution in [1.82, 2.24) is 14.7 Å². The molecule has 7 nitrogen and oxygen atoms in total. The maximum absolute atomic E-state index is 14.5. The summed E-state index contributed by atoms with van der Waals surface area (Å²) >= 11 is 13.9. The van der Waals surface area contributed by atoms with Gasteiger partial charge >= 0.3 is 0 Å². The van der Waals surface area contributed by atoms with Crippen LogP contribution in [-0.4, -0.2) is 69.1 Å². The van der Waals surface area contributed by atoms with E-state index in [9.17, 15) is 14.0 Å². The van der Waals surface area contributed by atoms with Gasteiger partial charge in [-0.2, -0.15) is 0 Å². The lowest BCUT2D eigenvalue weighted by molar-refractivity contribution is -0.142. The van der Waals surface area contributed by atoms with E-state index in [0.29, 0.717) is 27.8 Å². The molecule has 2 unspecified atom stereocenters. The van der Waals surface area contributed by atoms with E-state index >= 15 is 0 Å².